The van der Waals surface area contributed by atoms with Crippen molar-refractivity contribution in [2.45, 2.75) is 5.75 Å². The Bertz CT molecular complexity index is 847. The van der Waals surface area contributed by atoms with Crippen molar-refractivity contribution in [2.24, 2.45) is 5.10 Å². The number of carbonyl (C=O) groups is 2. The van der Waals surface area contributed by atoms with Crippen LogP contribution in [0.4, 0.5) is 0 Å². The fourth-order valence-corrected chi connectivity index (χ4v) is 3.51. The molecule has 0 radical (unpaired) electrons. The van der Waals surface area contributed by atoms with Gasteiger partial charge in [0.15, 0.2) is 6.61 Å². The van der Waals surface area contributed by atoms with E-state index in [0.717, 1.165) is 16.9 Å². The third kappa shape index (κ3) is 9.56. The Morgan fingerprint density at radius 2 is 1.93 bits per heavy atom. The summed E-state index contributed by atoms with van der Waals surface area (Å²) in [4.78, 5) is 23.4. The maximum atomic E-state index is 11.9. The molecule has 0 bridgehead atoms. The van der Waals surface area contributed by atoms with Crippen molar-refractivity contribution in [1.82, 2.24) is 5.43 Å². The summed E-state index contributed by atoms with van der Waals surface area (Å²) in [7, 11) is 0. The zero-order chi connectivity index (χ0) is 21.6. The second kappa shape index (κ2) is 14.0. The zero-order valence-electron chi connectivity index (χ0n) is 16.5. The van der Waals surface area contributed by atoms with Crippen LogP contribution in [-0.2, 0) is 20.1 Å². The Balaban J connectivity index is 1.66. The molecule has 160 valence electrons. The van der Waals surface area contributed by atoms with Crippen LogP contribution >= 0.6 is 35.1 Å². The van der Waals surface area contributed by atoms with Crippen LogP contribution < -0.4 is 10.2 Å². The van der Waals surface area contributed by atoms with Gasteiger partial charge < -0.3 is 9.47 Å². The zero-order valence-corrected chi connectivity index (χ0v) is 18.9. The Kier molecular flexibility index (Phi) is 11.2. The lowest BCUT2D eigenvalue weighted by Crippen LogP contribution is -2.19. The quantitative estimate of drug-likeness (QED) is 0.220. The monoisotopic (exact) mass is 466 g/mol. The largest absolute Gasteiger partial charge is 0.482 e. The summed E-state index contributed by atoms with van der Waals surface area (Å²) in [5.74, 6) is 1.66. The summed E-state index contributed by atoms with van der Waals surface area (Å²) in [6, 6.07) is 14.5. The van der Waals surface area contributed by atoms with Gasteiger partial charge in [0.2, 0.25) is 5.91 Å². The standard InChI is InChI=1S/C21H23ClN2O4S2/c1-29-11-10-27-21(26)13-28-18-8-6-16(7-9-18)12-23-24-20(25)15-30-14-17-4-2-3-5-19(17)22/h2-9,12H,10-11,13-15H2,1H3,(H,24,25)/b23-12-. The van der Waals surface area contributed by atoms with E-state index in [1.54, 1.807) is 36.0 Å². The molecule has 0 heterocycles. The third-order valence-corrected chi connectivity index (χ3v) is 5.56. The summed E-state index contributed by atoms with van der Waals surface area (Å²) in [6.07, 6.45) is 3.49. The van der Waals surface area contributed by atoms with E-state index in [2.05, 4.69) is 10.5 Å². The number of carbonyl (C=O) groups excluding carboxylic acids is 2. The summed E-state index contributed by atoms with van der Waals surface area (Å²) < 4.78 is 10.4. The van der Waals surface area contributed by atoms with E-state index in [4.69, 9.17) is 21.1 Å². The molecule has 2 rings (SSSR count). The summed E-state index contributed by atoms with van der Waals surface area (Å²) in [5, 5.41) is 4.65. The van der Waals surface area contributed by atoms with Gasteiger partial charge >= 0.3 is 5.97 Å². The highest BCUT2D eigenvalue weighted by atomic mass is 35.5. The first-order valence-corrected chi connectivity index (χ1v) is 12.0. The van der Waals surface area contributed by atoms with Crippen molar-refractivity contribution in [2.75, 3.05) is 31.0 Å². The number of rotatable bonds is 12. The van der Waals surface area contributed by atoms with Gasteiger partial charge in [-0.05, 0) is 47.7 Å². The minimum atomic E-state index is -0.398. The average molecular weight is 467 g/mol. The SMILES string of the molecule is CSCCOC(=O)COc1ccc(/C=N\NC(=O)CSCc2ccccc2Cl)cc1. The van der Waals surface area contributed by atoms with Crippen LogP contribution in [0.3, 0.4) is 0 Å². The summed E-state index contributed by atoms with van der Waals surface area (Å²) in [6.45, 7) is 0.243. The predicted octanol–water partition coefficient (Wildman–Crippen LogP) is 4.01. The van der Waals surface area contributed by atoms with Gasteiger partial charge in [0.05, 0.1) is 12.0 Å². The summed E-state index contributed by atoms with van der Waals surface area (Å²) >= 11 is 9.17. The molecule has 0 atom stereocenters. The number of benzene rings is 2. The predicted molar refractivity (Wildman–Crippen MR) is 125 cm³/mol. The molecular formula is C21H23ClN2O4S2. The highest BCUT2D eigenvalue weighted by Crippen LogP contribution is 2.20. The maximum Gasteiger partial charge on any atom is 0.344 e. The van der Waals surface area contributed by atoms with E-state index in [0.29, 0.717) is 23.1 Å². The number of thioether (sulfide) groups is 2. The first-order valence-electron chi connectivity index (χ1n) is 9.09. The van der Waals surface area contributed by atoms with Crippen LogP contribution in [0.15, 0.2) is 53.6 Å². The highest BCUT2D eigenvalue weighted by Gasteiger charge is 2.05. The Morgan fingerprint density at radius 3 is 2.67 bits per heavy atom. The molecule has 0 aromatic heterocycles. The van der Waals surface area contributed by atoms with Gasteiger partial charge in [-0.25, -0.2) is 10.2 Å². The number of amides is 1. The number of esters is 1. The number of nitrogens with one attached hydrogen (secondary N) is 1. The number of hydrazone groups is 1. The van der Waals surface area contributed by atoms with Crippen molar-refractivity contribution < 1.29 is 19.1 Å². The maximum absolute atomic E-state index is 11.9. The molecule has 0 saturated heterocycles. The number of nitrogens with zero attached hydrogens (tertiary/aromatic N) is 1. The smallest absolute Gasteiger partial charge is 0.344 e. The van der Waals surface area contributed by atoms with E-state index in [-0.39, 0.29) is 18.3 Å². The van der Waals surface area contributed by atoms with E-state index in [1.165, 1.54) is 18.0 Å². The first-order chi connectivity index (χ1) is 14.6. The lowest BCUT2D eigenvalue weighted by Gasteiger charge is -2.06. The number of ether oxygens (including phenoxy) is 2. The molecule has 1 N–H and O–H groups in total. The van der Waals surface area contributed by atoms with E-state index >= 15 is 0 Å². The van der Waals surface area contributed by atoms with Gasteiger partial charge in [0, 0.05) is 16.5 Å². The molecule has 6 nitrogen and oxygen atoms in total. The van der Waals surface area contributed by atoms with Crippen LogP contribution in [0, 0.1) is 0 Å². The van der Waals surface area contributed by atoms with Gasteiger partial charge in [-0.3, -0.25) is 4.79 Å². The molecule has 0 spiro atoms. The lowest BCUT2D eigenvalue weighted by atomic mass is 10.2. The van der Waals surface area contributed by atoms with Crippen LogP contribution in [0.1, 0.15) is 11.1 Å². The Morgan fingerprint density at radius 1 is 1.17 bits per heavy atom. The highest BCUT2D eigenvalue weighted by molar-refractivity contribution is 7.99. The second-order valence-electron chi connectivity index (χ2n) is 5.95. The molecule has 0 aliphatic heterocycles. The fraction of sp³-hybridized carbons (Fsp3) is 0.286. The van der Waals surface area contributed by atoms with E-state index < -0.39 is 5.97 Å². The van der Waals surface area contributed by atoms with Gasteiger partial charge in [-0.2, -0.15) is 16.9 Å². The third-order valence-electron chi connectivity index (χ3n) is 3.64. The van der Waals surface area contributed by atoms with Crippen LogP contribution in [0.2, 0.25) is 5.02 Å². The first kappa shape index (κ1) is 24.1. The van der Waals surface area contributed by atoms with Crippen molar-refractivity contribution in [3.63, 3.8) is 0 Å². The van der Waals surface area contributed by atoms with E-state index in [1.807, 2.05) is 30.5 Å². The van der Waals surface area contributed by atoms with Crippen LogP contribution in [-0.4, -0.2) is 49.1 Å². The number of hydrogen-bond acceptors (Lipinski definition) is 7. The van der Waals surface area contributed by atoms with Gasteiger partial charge in [-0.15, -0.1) is 11.8 Å². The summed E-state index contributed by atoms with van der Waals surface area (Å²) in [5.41, 5.74) is 4.28. The molecule has 9 heteroatoms. The molecule has 2 aromatic rings. The van der Waals surface area contributed by atoms with Gasteiger partial charge in [0.25, 0.3) is 0 Å². The van der Waals surface area contributed by atoms with Crippen molar-refractivity contribution in [3.05, 3.63) is 64.7 Å². The second-order valence-corrected chi connectivity index (χ2v) is 8.33. The Labute approximate surface area is 189 Å². The molecule has 0 saturated carbocycles. The van der Waals surface area contributed by atoms with Gasteiger partial charge in [-0.1, -0.05) is 29.8 Å². The van der Waals surface area contributed by atoms with Crippen molar-refractivity contribution in [3.8, 4) is 5.75 Å². The van der Waals surface area contributed by atoms with Crippen LogP contribution in [0.5, 0.6) is 5.75 Å². The van der Waals surface area contributed by atoms with Crippen molar-refractivity contribution >= 4 is 53.2 Å². The molecule has 1 amide bonds. The molecule has 0 unspecified atom stereocenters. The molecular weight excluding hydrogens is 444 g/mol. The molecule has 0 fully saturated rings. The molecule has 2 aromatic carbocycles. The van der Waals surface area contributed by atoms with Crippen LogP contribution in [0.25, 0.3) is 0 Å². The average Bonchev–Trinajstić information content (AvgIpc) is 2.75. The molecule has 30 heavy (non-hydrogen) atoms. The van der Waals surface area contributed by atoms with E-state index in [9.17, 15) is 9.59 Å². The minimum Gasteiger partial charge on any atom is -0.482 e. The topological polar surface area (TPSA) is 77.0 Å². The fourth-order valence-electron chi connectivity index (χ4n) is 2.15. The van der Waals surface area contributed by atoms with Gasteiger partial charge in [0.1, 0.15) is 12.4 Å². The Hall–Kier alpha value is -2.16. The van der Waals surface area contributed by atoms with Crippen molar-refractivity contribution in [1.29, 1.82) is 0 Å². The number of halogens is 1. The minimum absolute atomic E-state index is 0.135. The lowest BCUT2D eigenvalue weighted by molar-refractivity contribution is -0.145. The molecule has 0 aliphatic carbocycles. The molecule has 0 aliphatic rings. The number of hydrogen-bond donors (Lipinski definition) is 1. The normalized spacial score (nSPS) is 10.7.